The Morgan fingerprint density at radius 3 is 2.28 bits per heavy atom. The van der Waals surface area contributed by atoms with Gasteiger partial charge in [0.25, 0.3) is 0 Å². The lowest BCUT2D eigenvalue weighted by Crippen LogP contribution is -2.35. The third kappa shape index (κ3) is 8.48. The van der Waals surface area contributed by atoms with Gasteiger partial charge in [0.05, 0.1) is 6.10 Å². The van der Waals surface area contributed by atoms with Crippen LogP contribution in [0.5, 0.6) is 0 Å². The van der Waals surface area contributed by atoms with E-state index < -0.39 is 0 Å². The van der Waals surface area contributed by atoms with E-state index >= 15 is 0 Å². The monoisotopic (exact) mass is 258 g/mol. The standard InChI is InChI=1S/C14H30N2O2/c1-10(2)13(7-8-15)5-6-14(18)16-11(3)9-12(4)17/h10-13,17H,5-9,15H2,1-4H3,(H,16,18). The maximum absolute atomic E-state index is 11.7. The van der Waals surface area contributed by atoms with Crippen LogP contribution < -0.4 is 11.1 Å². The van der Waals surface area contributed by atoms with Gasteiger partial charge in [-0.25, -0.2) is 0 Å². The number of nitrogens with two attached hydrogens (primary N) is 1. The molecule has 4 nitrogen and oxygen atoms in total. The van der Waals surface area contributed by atoms with Crippen molar-refractivity contribution in [3.8, 4) is 0 Å². The van der Waals surface area contributed by atoms with Gasteiger partial charge in [-0.15, -0.1) is 0 Å². The van der Waals surface area contributed by atoms with Crippen LogP contribution in [0.15, 0.2) is 0 Å². The minimum absolute atomic E-state index is 0.0320. The molecule has 0 bridgehead atoms. The van der Waals surface area contributed by atoms with Gasteiger partial charge in [-0.05, 0) is 51.5 Å². The van der Waals surface area contributed by atoms with Crippen molar-refractivity contribution in [2.45, 2.75) is 65.5 Å². The molecule has 1 amide bonds. The largest absolute Gasteiger partial charge is 0.393 e. The molecule has 0 aromatic heterocycles. The Morgan fingerprint density at radius 2 is 1.83 bits per heavy atom. The highest BCUT2D eigenvalue weighted by atomic mass is 16.3. The topological polar surface area (TPSA) is 75.3 Å². The van der Waals surface area contributed by atoms with Gasteiger partial charge in [0, 0.05) is 12.5 Å². The van der Waals surface area contributed by atoms with Gasteiger partial charge < -0.3 is 16.2 Å². The van der Waals surface area contributed by atoms with Crippen LogP contribution in [0.1, 0.15) is 53.4 Å². The number of nitrogens with one attached hydrogen (secondary N) is 1. The first kappa shape index (κ1) is 17.4. The molecule has 0 saturated heterocycles. The van der Waals surface area contributed by atoms with Crippen LogP contribution >= 0.6 is 0 Å². The van der Waals surface area contributed by atoms with Crippen molar-refractivity contribution < 1.29 is 9.90 Å². The van der Waals surface area contributed by atoms with E-state index in [0.717, 1.165) is 12.8 Å². The summed E-state index contributed by atoms with van der Waals surface area (Å²) in [6.07, 6.45) is 2.65. The van der Waals surface area contributed by atoms with E-state index in [4.69, 9.17) is 5.73 Å². The van der Waals surface area contributed by atoms with Crippen LogP contribution in [-0.4, -0.2) is 29.7 Å². The number of rotatable bonds is 9. The number of aliphatic hydroxyl groups is 1. The molecule has 108 valence electrons. The summed E-state index contributed by atoms with van der Waals surface area (Å²) in [6, 6.07) is 0.0320. The van der Waals surface area contributed by atoms with E-state index in [2.05, 4.69) is 19.2 Å². The van der Waals surface area contributed by atoms with Crippen LogP contribution in [0.25, 0.3) is 0 Å². The van der Waals surface area contributed by atoms with Crippen LogP contribution in [-0.2, 0) is 4.79 Å². The summed E-state index contributed by atoms with van der Waals surface area (Å²) in [5, 5.41) is 12.1. The molecule has 0 radical (unpaired) electrons. The quantitative estimate of drug-likeness (QED) is 0.589. The van der Waals surface area contributed by atoms with Gasteiger partial charge in [-0.3, -0.25) is 4.79 Å². The zero-order chi connectivity index (χ0) is 14.1. The van der Waals surface area contributed by atoms with Crippen molar-refractivity contribution in [1.82, 2.24) is 5.32 Å². The first-order valence-corrected chi connectivity index (χ1v) is 7.04. The first-order valence-electron chi connectivity index (χ1n) is 7.04. The molecule has 18 heavy (non-hydrogen) atoms. The Morgan fingerprint density at radius 1 is 1.22 bits per heavy atom. The summed E-state index contributed by atoms with van der Waals surface area (Å²) in [6.45, 7) is 8.69. The Bertz CT molecular complexity index is 230. The predicted octanol–water partition coefficient (Wildman–Crippen LogP) is 1.66. The van der Waals surface area contributed by atoms with Crippen LogP contribution in [0, 0.1) is 11.8 Å². The lowest BCUT2D eigenvalue weighted by atomic mass is 9.88. The van der Waals surface area contributed by atoms with Gasteiger partial charge >= 0.3 is 0 Å². The van der Waals surface area contributed by atoms with Crippen LogP contribution in [0.2, 0.25) is 0 Å². The summed E-state index contributed by atoms with van der Waals surface area (Å²) in [5.41, 5.74) is 5.58. The van der Waals surface area contributed by atoms with E-state index in [0.29, 0.717) is 31.2 Å². The minimum atomic E-state index is -0.374. The molecule has 0 saturated carbocycles. The van der Waals surface area contributed by atoms with E-state index in [1.807, 2.05) is 6.92 Å². The molecule has 0 aromatic carbocycles. The lowest BCUT2D eigenvalue weighted by Gasteiger charge is -2.21. The highest BCUT2D eigenvalue weighted by molar-refractivity contribution is 5.76. The van der Waals surface area contributed by atoms with E-state index in [1.165, 1.54) is 0 Å². The van der Waals surface area contributed by atoms with Crippen molar-refractivity contribution in [3.63, 3.8) is 0 Å². The summed E-state index contributed by atoms with van der Waals surface area (Å²) in [5.74, 6) is 1.16. The SMILES string of the molecule is CC(O)CC(C)NC(=O)CCC(CCN)C(C)C. The summed E-state index contributed by atoms with van der Waals surface area (Å²) < 4.78 is 0. The van der Waals surface area contributed by atoms with Crippen molar-refractivity contribution in [2.24, 2.45) is 17.6 Å². The second-order valence-corrected chi connectivity index (χ2v) is 5.67. The molecule has 0 fully saturated rings. The zero-order valence-corrected chi connectivity index (χ0v) is 12.3. The van der Waals surface area contributed by atoms with Gasteiger partial charge in [0.2, 0.25) is 5.91 Å². The molecule has 3 atom stereocenters. The molecule has 0 heterocycles. The molecule has 0 rings (SSSR count). The van der Waals surface area contributed by atoms with Gasteiger partial charge in [0.15, 0.2) is 0 Å². The average molecular weight is 258 g/mol. The fraction of sp³-hybridized carbons (Fsp3) is 0.929. The number of hydrogen-bond donors (Lipinski definition) is 3. The molecule has 0 aliphatic carbocycles. The molecule has 0 aliphatic rings. The van der Waals surface area contributed by atoms with E-state index in [-0.39, 0.29) is 18.1 Å². The Balaban J connectivity index is 3.93. The second-order valence-electron chi connectivity index (χ2n) is 5.67. The Labute approximate surface area is 111 Å². The molecular weight excluding hydrogens is 228 g/mol. The van der Waals surface area contributed by atoms with Crippen LogP contribution in [0.3, 0.4) is 0 Å². The van der Waals surface area contributed by atoms with Gasteiger partial charge in [0.1, 0.15) is 0 Å². The first-order chi connectivity index (χ1) is 8.36. The highest BCUT2D eigenvalue weighted by Crippen LogP contribution is 2.20. The molecule has 3 unspecified atom stereocenters. The van der Waals surface area contributed by atoms with Crippen molar-refractivity contribution >= 4 is 5.91 Å². The fourth-order valence-electron chi connectivity index (χ4n) is 2.26. The van der Waals surface area contributed by atoms with Crippen LogP contribution in [0.4, 0.5) is 0 Å². The maximum Gasteiger partial charge on any atom is 0.220 e. The van der Waals surface area contributed by atoms with E-state index in [9.17, 15) is 9.90 Å². The number of hydrogen-bond acceptors (Lipinski definition) is 3. The molecule has 0 aromatic rings. The zero-order valence-electron chi connectivity index (χ0n) is 12.3. The second kappa shape index (κ2) is 9.34. The summed E-state index contributed by atoms with van der Waals surface area (Å²) in [7, 11) is 0. The minimum Gasteiger partial charge on any atom is -0.393 e. The molecular formula is C14H30N2O2. The molecule has 4 N–H and O–H groups in total. The smallest absolute Gasteiger partial charge is 0.220 e. The number of aliphatic hydroxyl groups excluding tert-OH is 1. The molecule has 0 aliphatic heterocycles. The average Bonchev–Trinajstić information content (AvgIpc) is 2.22. The maximum atomic E-state index is 11.7. The molecule has 0 spiro atoms. The number of carbonyl (C=O) groups excluding carboxylic acids is 1. The summed E-state index contributed by atoms with van der Waals surface area (Å²) in [4.78, 5) is 11.7. The van der Waals surface area contributed by atoms with Crippen molar-refractivity contribution in [2.75, 3.05) is 6.54 Å². The van der Waals surface area contributed by atoms with Crippen molar-refractivity contribution in [1.29, 1.82) is 0 Å². The fourth-order valence-corrected chi connectivity index (χ4v) is 2.26. The third-order valence-electron chi connectivity index (χ3n) is 3.32. The number of amides is 1. The molecule has 4 heteroatoms. The van der Waals surface area contributed by atoms with Gasteiger partial charge in [-0.2, -0.15) is 0 Å². The Hall–Kier alpha value is -0.610. The number of carbonyl (C=O) groups is 1. The Kier molecular flexibility index (Phi) is 9.02. The predicted molar refractivity (Wildman–Crippen MR) is 75.1 cm³/mol. The lowest BCUT2D eigenvalue weighted by molar-refractivity contribution is -0.122. The van der Waals surface area contributed by atoms with Gasteiger partial charge in [-0.1, -0.05) is 13.8 Å². The van der Waals surface area contributed by atoms with E-state index in [1.54, 1.807) is 6.92 Å². The third-order valence-corrected chi connectivity index (χ3v) is 3.32. The normalized spacial score (nSPS) is 16.4. The summed E-state index contributed by atoms with van der Waals surface area (Å²) >= 11 is 0. The van der Waals surface area contributed by atoms with Crippen molar-refractivity contribution in [3.05, 3.63) is 0 Å². The highest BCUT2D eigenvalue weighted by Gasteiger charge is 2.15.